The van der Waals surface area contributed by atoms with E-state index in [-0.39, 0.29) is 0 Å². The highest BCUT2D eigenvalue weighted by molar-refractivity contribution is 7.85. The lowest BCUT2D eigenvalue weighted by molar-refractivity contribution is 0.685. The standard InChI is InChI=1S/C19H18N2OS/c1-13-6-8-14(9-7-13)23(22)12-18-19-16(10-11-20-18)15-4-2-3-5-17(15)21-19/h2-9,21H,10-12H2,1H3. The Morgan fingerprint density at radius 3 is 2.74 bits per heavy atom. The van der Waals surface area contributed by atoms with E-state index in [2.05, 4.69) is 28.2 Å². The predicted octanol–water partition coefficient (Wildman–Crippen LogP) is 3.63. The number of hydrogen-bond donors (Lipinski definition) is 1. The van der Waals surface area contributed by atoms with Gasteiger partial charge in [0.05, 0.1) is 28.0 Å². The zero-order chi connectivity index (χ0) is 15.8. The summed E-state index contributed by atoms with van der Waals surface area (Å²) < 4.78 is 12.7. The SMILES string of the molecule is Cc1ccc(S(=O)CC2=NCCc3c2[nH]c2ccccc32)cc1. The van der Waals surface area contributed by atoms with Crippen LogP contribution in [0.15, 0.2) is 58.4 Å². The molecule has 1 unspecified atom stereocenters. The summed E-state index contributed by atoms with van der Waals surface area (Å²) in [6, 6.07) is 16.2. The molecule has 0 fully saturated rings. The molecule has 1 aromatic heterocycles. The van der Waals surface area contributed by atoms with Crippen molar-refractivity contribution in [3.8, 4) is 0 Å². The number of benzene rings is 2. The second-order valence-electron chi connectivity index (χ2n) is 5.91. The first-order valence-corrected chi connectivity index (χ1v) is 9.12. The first-order chi connectivity index (χ1) is 11.2. The largest absolute Gasteiger partial charge is 0.353 e. The second-order valence-corrected chi connectivity index (χ2v) is 7.36. The van der Waals surface area contributed by atoms with Crippen molar-refractivity contribution in [2.45, 2.75) is 18.2 Å². The van der Waals surface area contributed by atoms with Crippen LogP contribution < -0.4 is 0 Å². The van der Waals surface area contributed by atoms with Gasteiger partial charge in [0.1, 0.15) is 0 Å². The Morgan fingerprint density at radius 2 is 1.91 bits per heavy atom. The predicted molar refractivity (Wildman–Crippen MR) is 95.9 cm³/mol. The van der Waals surface area contributed by atoms with Gasteiger partial charge in [0.2, 0.25) is 0 Å². The number of aliphatic imine (C=N–C) groups is 1. The van der Waals surface area contributed by atoms with E-state index in [0.717, 1.165) is 34.8 Å². The molecule has 1 aliphatic heterocycles. The number of aromatic nitrogens is 1. The molecule has 3 aromatic rings. The van der Waals surface area contributed by atoms with E-state index in [1.54, 1.807) is 0 Å². The van der Waals surface area contributed by atoms with Crippen molar-refractivity contribution >= 4 is 27.4 Å². The number of nitrogens with one attached hydrogen (secondary N) is 1. The summed E-state index contributed by atoms with van der Waals surface area (Å²) in [5.74, 6) is 0.461. The molecular weight excluding hydrogens is 304 g/mol. The lowest BCUT2D eigenvalue weighted by atomic mass is 10.0. The molecule has 1 atom stereocenters. The highest BCUT2D eigenvalue weighted by atomic mass is 32.2. The van der Waals surface area contributed by atoms with Crippen molar-refractivity contribution in [2.75, 3.05) is 12.3 Å². The highest BCUT2D eigenvalue weighted by Gasteiger charge is 2.21. The number of fused-ring (bicyclic) bond motifs is 3. The van der Waals surface area contributed by atoms with Gasteiger partial charge < -0.3 is 4.98 Å². The van der Waals surface area contributed by atoms with Gasteiger partial charge in [0.15, 0.2) is 0 Å². The molecular formula is C19H18N2OS. The number of hydrogen-bond acceptors (Lipinski definition) is 2. The molecule has 0 saturated heterocycles. The quantitative estimate of drug-likeness (QED) is 0.786. The van der Waals surface area contributed by atoms with E-state index in [1.807, 2.05) is 37.3 Å². The number of rotatable bonds is 3. The van der Waals surface area contributed by atoms with Crippen molar-refractivity contribution in [1.82, 2.24) is 4.98 Å². The lowest BCUT2D eigenvalue weighted by Crippen LogP contribution is -2.19. The van der Waals surface area contributed by atoms with E-state index >= 15 is 0 Å². The third kappa shape index (κ3) is 2.63. The first-order valence-electron chi connectivity index (χ1n) is 7.81. The number of aromatic amines is 1. The Bertz CT molecular complexity index is 922. The topological polar surface area (TPSA) is 45.2 Å². The van der Waals surface area contributed by atoms with Gasteiger partial charge in [-0.1, -0.05) is 35.9 Å². The minimum Gasteiger partial charge on any atom is -0.353 e. The smallest absolute Gasteiger partial charge is 0.0722 e. The van der Waals surface area contributed by atoms with Gasteiger partial charge in [0.25, 0.3) is 0 Å². The molecule has 1 aliphatic rings. The average molecular weight is 322 g/mol. The molecule has 0 saturated carbocycles. The summed E-state index contributed by atoms with van der Waals surface area (Å²) in [5, 5.41) is 1.26. The zero-order valence-electron chi connectivity index (χ0n) is 13.0. The van der Waals surface area contributed by atoms with Crippen LogP contribution in [0.4, 0.5) is 0 Å². The van der Waals surface area contributed by atoms with Crippen LogP contribution in [0.2, 0.25) is 0 Å². The zero-order valence-corrected chi connectivity index (χ0v) is 13.8. The van der Waals surface area contributed by atoms with Crippen molar-refractivity contribution in [3.63, 3.8) is 0 Å². The van der Waals surface area contributed by atoms with Gasteiger partial charge in [-0.15, -0.1) is 0 Å². The van der Waals surface area contributed by atoms with Crippen molar-refractivity contribution in [2.24, 2.45) is 4.99 Å². The summed E-state index contributed by atoms with van der Waals surface area (Å²) in [7, 11) is -1.07. The number of H-pyrrole nitrogens is 1. The van der Waals surface area contributed by atoms with Gasteiger partial charge >= 0.3 is 0 Å². The van der Waals surface area contributed by atoms with E-state index in [9.17, 15) is 4.21 Å². The van der Waals surface area contributed by atoms with Gasteiger partial charge in [-0.3, -0.25) is 9.20 Å². The molecule has 116 valence electrons. The number of aryl methyl sites for hydroxylation is 1. The number of para-hydroxylation sites is 1. The van der Waals surface area contributed by atoms with Crippen LogP contribution in [-0.4, -0.2) is 27.2 Å². The van der Waals surface area contributed by atoms with E-state index in [0.29, 0.717) is 5.75 Å². The van der Waals surface area contributed by atoms with Crippen LogP contribution in [0.25, 0.3) is 10.9 Å². The average Bonchev–Trinajstić information content (AvgIpc) is 2.95. The Labute approximate surface area is 137 Å². The number of nitrogens with zero attached hydrogens (tertiary/aromatic N) is 1. The molecule has 4 rings (SSSR count). The maximum atomic E-state index is 12.7. The van der Waals surface area contributed by atoms with Crippen molar-refractivity contribution in [1.29, 1.82) is 0 Å². The van der Waals surface area contributed by atoms with Gasteiger partial charge in [-0.25, -0.2) is 0 Å². The molecule has 0 amide bonds. The fourth-order valence-electron chi connectivity index (χ4n) is 3.10. The first kappa shape index (κ1) is 14.4. The fraction of sp³-hybridized carbons (Fsp3) is 0.211. The maximum Gasteiger partial charge on any atom is 0.0722 e. The lowest BCUT2D eigenvalue weighted by Gasteiger charge is -2.13. The fourth-order valence-corrected chi connectivity index (χ4v) is 4.19. The Hall–Kier alpha value is -2.20. The van der Waals surface area contributed by atoms with E-state index in [4.69, 9.17) is 0 Å². The van der Waals surface area contributed by atoms with Crippen molar-refractivity contribution in [3.05, 3.63) is 65.4 Å². The third-order valence-electron chi connectivity index (χ3n) is 4.32. The molecule has 3 nitrogen and oxygen atoms in total. The Morgan fingerprint density at radius 1 is 1.13 bits per heavy atom. The van der Waals surface area contributed by atoms with Crippen LogP contribution in [0.1, 0.15) is 16.8 Å². The molecule has 0 aliphatic carbocycles. The molecule has 0 radical (unpaired) electrons. The van der Waals surface area contributed by atoms with Crippen LogP contribution in [-0.2, 0) is 17.2 Å². The van der Waals surface area contributed by atoms with Gasteiger partial charge in [-0.05, 0) is 37.1 Å². The molecule has 2 heterocycles. The summed E-state index contributed by atoms with van der Waals surface area (Å²) in [5.41, 5.74) is 5.62. The third-order valence-corrected chi connectivity index (χ3v) is 5.65. The maximum absolute atomic E-state index is 12.7. The van der Waals surface area contributed by atoms with Crippen molar-refractivity contribution < 1.29 is 4.21 Å². The Balaban J connectivity index is 1.67. The molecule has 23 heavy (non-hydrogen) atoms. The van der Waals surface area contributed by atoms with E-state index < -0.39 is 10.8 Å². The van der Waals surface area contributed by atoms with Crippen LogP contribution in [0.3, 0.4) is 0 Å². The van der Waals surface area contributed by atoms with Crippen LogP contribution >= 0.6 is 0 Å². The molecule has 0 spiro atoms. The van der Waals surface area contributed by atoms with Gasteiger partial charge in [-0.2, -0.15) is 0 Å². The second kappa shape index (κ2) is 5.78. The summed E-state index contributed by atoms with van der Waals surface area (Å²) in [4.78, 5) is 8.97. The van der Waals surface area contributed by atoms with E-state index in [1.165, 1.54) is 16.5 Å². The minimum atomic E-state index is -1.07. The van der Waals surface area contributed by atoms with Crippen LogP contribution in [0, 0.1) is 6.92 Å². The summed E-state index contributed by atoms with van der Waals surface area (Å²) in [6.07, 6.45) is 0.944. The normalized spacial score (nSPS) is 15.3. The highest BCUT2D eigenvalue weighted by Crippen LogP contribution is 2.26. The summed E-state index contributed by atoms with van der Waals surface area (Å²) >= 11 is 0. The monoisotopic (exact) mass is 322 g/mol. The van der Waals surface area contributed by atoms with Gasteiger partial charge in [0, 0.05) is 22.3 Å². The summed E-state index contributed by atoms with van der Waals surface area (Å²) in [6.45, 7) is 2.81. The Kier molecular flexibility index (Phi) is 3.62. The minimum absolute atomic E-state index is 0.461. The molecule has 2 aromatic carbocycles. The molecule has 0 bridgehead atoms. The molecule has 4 heteroatoms. The molecule has 1 N–H and O–H groups in total. The van der Waals surface area contributed by atoms with Crippen LogP contribution in [0.5, 0.6) is 0 Å².